The molecule has 1 aromatic carbocycles. The van der Waals surface area contributed by atoms with Crippen LogP contribution in [0.15, 0.2) is 34.9 Å². The van der Waals surface area contributed by atoms with E-state index in [-0.39, 0.29) is 0 Å². The van der Waals surface area contributed by atoms with Gasteiger partial charge in [0.1, 0.15) is 0 Å². The van der Waals surface area contributed by atoms with Gasteiger partial charge in [-0.05, 0) is 31.2 Å². The SMILES string of the molecule is Cc1c(CNc2ccc(Br)cc2)cnn1C. The average molecular weight is 280 g/mol. The summed E-state index contributed by atoms with van der Waals surface area (Å²) in [6.45, 7) is 2.88. The highest BCUT2D eigenvalue weighted by molar-refractivity contribution is 9.10. The van der Waals surface area contributed by atoms with Gasteiger partial charge in [0.25, 0.3) is 0 Å². The number of aryl methyl sites for hydroxylation is 1. The highest BCUT2D eigenvalue weighted by Gasteiger charge is 2.02. The third-order valence-electron chi connectivity index (χ3n) is 2.66. The van der Waals surface area contributed by atoms with Crippen LogP contribution < -0.4 is 5.32 Å². The molecule has 0 saturated carbocycles. The Morgan fingerprint density at radius 1 is 1.31 bits per heavy atom. The Morgan fingerprint density at radius 2 is 2.00 bits per heavy atom. The van der Waals surface area contributed by atoms with Crippen LogP contribution in [0.5, 0.6) is 0 Å². The van der Waals surface area contributed by atoms with Gasteiger partial charge in [0.15, 0.2) is 0 Å². The maximum absolute atomic E-state index is 4.21. The summed E-state index contributed by atoms with van der Waals surface area (Å²) in [5, 5.41) is 7.58. The fourth-order valence-corrected chi connectivity index (χ4v) is 1.75. The molecule has 0 aliphatic rings. The summed E-state index contributed by atoms with van der Waals surface area (Å²) in [5.41, 5.74) is 3.54. The molecule has 0 unspecified atom stereocenters. The van der Waals surface area contributed by atoms with Gasteiger partial charge in [0, 0.05) is 35.0 Å². The van der Waals surface area contributed by atoms with Gasteiger partial charge in [0.2, 0.25) is 0 Å². The zero-order valence-electron chi connectivity index (χ0n) is 9.37. The molecular formula is C12H14BrN3. The monoisotopic (exact) mass is 279 g/mol. The third kappa shape index (κ3) is 2.44. The molecule has 1 N–H and O–H groups in total. The zero-order chi connectivity index (χ0) is 11.5. The van der Waals surface area contributed by atoms with Crippen molar-refractivity contribution >= 4 is 21.6 Å². The molecule has 3 nitrogen and oxygen atoms in total. The highest BCUT2D eigenvalue weighted by atomic mass is 79.9. The van der Waals surface area contributed by atoms with Gasteiger partial charge in [-0.3, -0.25) is 4.68 Å². The number of benzene rings is 1. The van der Waals surface area contributed by atoms with Crippen LogP contribution in [-0.4, -0.2) is 9.78 Å². The van der Waals surface area contributed by atoms with Crippen molar-refractivity contribution in [2.24, 2.45) is 7.05 Å². The predicted molar refractivity (Wildman–Crippen MR) is 69.4 cm³/mol. The summed E-state index contributed by atoms with van der Waals surface area (Å²) in [7, 11) is 1.96. The number of nitrogens with one attached hydrogen (secondary N) is 1. The summed E-state index contributed by atoms with van der Waals surface area (Å²) >= 11 is 3.42. The zero-order valence-corrected chi connectivity index (χ0v) is 11.0. The Labute approximate surface area is 104 Å². The van der Waals surface area contributed by atoms with Crippen molar-refractivity contribution in [1.82, 2.24) is 9.78 Å². The van der Waals surface area contributed by atoms with Gasteiger partial charge in [-0.2, -0.15) is 5.10 Å². The number of rotatable bonds is 3. The van der Waals surface area contributed by atoms with E-state index in [2.05, 4.69) is 45.4 Å². The number of anilines is 1. The van der Waals surface area contributed by atoms with Gasteiger partial charge < -0.3 is 5.32 Å². The summed E-state index contributed by atoms with van der Waals surface area (Å²) in [6, 6.07) is 8.16. The topological polar surface area (TPSA) is 29.9 Å². The fourth-order valence-electron chi connectivity index (χ4n) is 1.48. The van der Waals surface area contributed by atoms with Crippen LogP contribution in [0.25, 0.3) is 0 Å². The van der Waals surface area contributed by atoms with Crippen molar-refractivity contribution in [2.45, 2.75) is 13.5 Å². The van der Waals surface area contributed by atoms with Crippen molar-refractivity contribution in [3.63, 3.8) is 0 Å². The molecule has 0 fully saturated rings. The molecule has 0 radical (unpaired) electrons. The number of hydrogen-bond donors (Lipinski definition) is 1. The first-order valence-corrected chi connectivity index (χ1v) is 5.93. The fraction of sp³-hybridized carbons (Fsp3) is 0.250. The van der Waals surface area contributed by atoms with Crippen LogP contribution in [0.2, 0.25) is 0 Å². The van der Waals surface area contributed by atoms with Crippen LogP contribution in [0.1, 0.15) is 11.3 Å². The predicted octanol–water partition coefficient (Wildman–Crippen LogP) is 3.10. The van der Waals surface area contributed by atoms with E-state index in [1.807, 2.05) is 30.1 Å². The molecule has 1 heterocycles. The molecule has 1 aromatic heterocycles. The molecule has 0 spiro atoms. The molecule has 0 amide bonds. The summed E-state index contributed by atoms with van der Waals surface area (Å²) in [6.07, 6.45) is 1.90. The summed E-state index contributed by atoms with van der Waals surface area (Å²) in [5.74, 6) is 0. The van der Waals surface area contributed by atoms with Crippen molar-refractivity contribution in [2.75, 3.05) is 5.32 Å². The second-order valence-corrected chi connectivity index (χ2v) is 4.65. The van der Waals surface area contributed by atoms with Gasteiger partial charge in [-0.15, -0.1) is 0 Å². The first-order valence-electron chi connectivity index (χ1n) is 5.14. The quantitative estimate of drug-likeness (QED) is 0.936. The summed E-state index contributed by atoms with van der Waals surface area (Å²) in [4.78, 5) is 0. The Hall–Kier alpha value is -1.29. The minimum Gasteiger partial charge on any atom is -0.381 e. The van der Waals surface area contributed by atoms with E-state index in [0.29, 0.717) is 0 Å². The smallest absolute Gasteiger partial charge is 0.0542 e. The van der Waals surface area contributed by atoms with Gasteiger partial charge >= 0.3 is 0 Å². The Morgan fingerprint density at radius 3 is 2.56 bits per heavy atom. The number of halogens is 1. The molecule has 2 aromatic rings. The van der Waals surface area contributed by atoms with E-state index in [9.17, 15) is 0 Å². The van der Waals surface area contributed by atoms with Crippen molar-refractivity contribution in [3.8, 4) is 0 Å². The van der Waals surface area contributed by atoms with Gasteiger partial charge in [0.05, 0.1) is 6.20 Å². The molecule has 16 heavy (non-hydrogen) atoms. The highest BCUT2D eigenvalue weighted by Crippen LogP contribution is 2.15. The molecule has 84 valence electrons. The molecule has 0 saturated heterocycles. The van der Waals surface area contributed by atoms with Crippen molar-refractivity contribution < 1.29 is 0 Å². The van der Waals surface area contributed by atoms with E-state index in [0.717, 1.165) is 16.7 Å². The molecule has 0 atom stereocenters. The Bertz CT molecular complexity index is 474. The first-order chi connectivity index (χ1) is 7.66. The lowest BCUT2D eigenvalue weighted by atomic mass is 10.2. The normalized spacial score (nSPS) is 10.4. The van der Waals surface area contributed by atoms with E-state index in [1.54, 1.807) is 0 Å². The van der Waals surface area contributed by atoms with Crippen LogP contribution in [0.4, 0.5) is 5.69 Å². The number of aromatic nitrogens is 2. The summed E-state index contributed by atoms with van der Waals surface area (Å²) < 4.78 is 2.98. The van der Waals surface area contributed by atoms with Gasteiger partial charge in [-0.25, -0.2) is 0 Å². The van der Waals surface area contributed by atoms with E-state index >= 15 is 0 Å². The molecule has 4 heteroatoms. The molecule has 0 aliphatic carbocycles. The maximum atomic E-state index is 4.21. The molecule has 0 aliphatic heterocycles. The van der Waals surface area contributed by atoms with Crippen LogP contribution >= 0.6 is 15.9 Å². The lowest BCUT2D eigenvalue weighted by Crippen LogP contribution is -2.01. The average Bonchev–Trinajstić information content (AvgIpc) is 2.60. The number of nitrogens with zero attached hydrogens (tertiary/aromatic N) is 2. The standard InChI is InChI=1S/C12H14BrN3/c1-9-10(8-15-16(9)2)7-14-12-5-3-11(13)4-6-12/h3-6,8,14H,7H2,1-2H3. The van der Waals surface area contributed by atoms with E-state index in [1.165, 1.54) is 11.3 Å². The first kappa shape index (κ1) is 11.2. The molecule has 0 bridgehead atoms. The lowest BCUT2D eigenvalue weighted by molar-refractivity contribution is 0.738. The van der Waals surface area contributed by atoms with Gasteiger partial charge in [-0.1, -0.05) is 15.9 Å². The Kier molecular flexibility index (Phi) is 3.29. The second-order valence-electron chi connectivity index (χ2n) is 3.74. The molecule has 2 rings (SSSR count). The van der Waals surface area contributed by atoms with Crippen LogP contribution in [-0.2, 0) is 13.6 Å². The number of hydrogen-bond acceptors (Lipinski definition) is 2. The minimum absolute atomic E-state index is 0.807. The van der Waals surface area contributed by atoms with Crippen LogP contribution in [0, 0.1) is 6.92 Å². The third-order valence-corrected chi connectivity index (χ3v) is 3.19. The maximum Gasteiger partial charge on any atom is 0.0542 e. The minimum atomic E-state index is 0.807. The molecular weight excluding hydrogens is 266 g/mol. The second kappa shape index (κ2) is 4.70. The van der Waals surface area contributed by atoms with E-state index in [4.69, 9.17) is 0 Å². The van der Waals surface area contributed by atoms with Crippen molar-refractivity contribution in [3.05, 3.63) is 46.2 Å². The Balaban J connectivity index is 2.02. The van der Waals surface area contributed by atoms with Crippen LogP contribution in [0.3, 0.4) is 0 Å². The lowest BCUT2D eigenvalue weighted by Gasteiger charge is -2.06. The van der Waals surface area contributed by atoms with E-state index < -0.39 is 0 Å². The van der Waals surface area contributed by atoms with Crippen molar-refractivity contribution in [1.29, 1.82) is 0 Å². The largest absolute Gasteiger partial charge is 0.381 e.